The maximum Gasteiger partial charge on any atom is 0.328 e. The molecule has 1 aliphatic rings. The topological polar surface area (TPSA) is 141 Å². The second-order valence-corrected chi connectivity index (χ2v) is 5.37. The first kappa shape index (κ1) is 17.9. The van der Waals surface area contributed by atoms with Gasteiger partial charge in [0.1, 0.15) is 22.8 Å². The maximum atomic E-state index is 11.7. The summed E-state index contributed by atoms with van der Waals surface area (Å²) in [6.45, 7) is 2.12. The lowest BCUT2D eigenvalue weighted by molar-refractivity contribution is -0.384. The fourth-order valence-corrected chi connectivity index (χ4v) is 2.45. The first-order valence-electron chi connectivity index (χ1n) is 7.79. The Bertz CT molecular complexity index is 968. The van der Waals surface area contributed by atoms with Crippen LogP contribution < -0.4 is 15.4 Å². The number of imide groups is 2. The van der Waals surface area contributed by atoms with Crippen molar-refractivity contribution in [1.82, 2.24) is 10.6 Å². The van der Waals surface area contributed by atoms with Crippen LogP contribution >= 0.6 is 0 Å². The summed E-state index contributed by atoms with van der Waals surface area (Å²) < 4.78 is 10.8. The molecular formula is C17H13N3O7. The zero-order valence-electron chi connectivity index (χ0n) is 14.0. The van der Waals surface area contributed by atoms with Crippen LogP contribution in [0.3, 0.4) is 0 Å². The van der Waals surface area contributed by atoms with Crippen molar-refractivity contribution in [1.29, 1.82) is 0 Å². The maximum absolute atomic E-state index is 11.7. The number of barbiturate groups is 1. The molecule has 0 bridgehead atoms. The number of nitro benzene ring substituents is 1. The molecule has 2 heterocycles. The standard InChI is InChI=1S/C17H13N3O7/c1-2-26-9-3-5-11(13(8-9)20(24)25)14-6-4-10(27-14)7-12-15(21)18-17(23)19-16(12)22/h3-8H,2H2,1H3,(H2,18,19,21,22,23). The van der Waals surface area contributed by atoms with Crippen LogP contribution in [-0.4, -0.2) is 29.4 Å². The summed E-state index contributed by atoms with van der Waals surface area (Å²) in [7, 11) is 0. The van der Waals surface area contributed by atoms with E-state index in [4.69, 9.17) is 9.15 Å². The number of carbonyl (C=O) groups excluding carboxylic acids is 3. The molecule has 4 amide bonds. The van der Waals surface area contributed by atoms with Gasteiger partial charge in [-0.2, -0.15) is 0 Å². The predicted molar refractivity (Wildman–Crippen MR) is 91.6 cm³/mol. The number of nitrogens with zero attached hydrogens (tertiary/aromatic N) is 1. The highest BCUT2D eigenvalue weighted by Crippen LogP contribution is 2.34. The quantitative estimate of drug-likeness (QED) is 0.354. The van der Waals surface area contributed by atoms with Crippen LogP contribution in [0.1, 0.15) is 12.7 Å². The van der Waals surface area contributed by atoms with Crippen LogP contribution in [0, 0.1) is 10.1 Å². The number of hydrogen-bond acceptors (Lipinski definition) is 7. The predicted octanol–water partition coefficient (Wildman–Crippen LogP) is 2.00. The zero-order valence-corrected chi connectivity index (χ0v) is 14.0. The number of carbonyl (C=O) groups is 3. The summed E-state index contributed by atoms with van der Waals surface area (Å²) >= 11 is 0. The molecule has 10 heteroatoms. The summed E-state index contributed by atoms with van der Waals surface area (Å²) in [5.74, 6) is -1.10. The lowest BCUT2D eigenvalue weighted by Gasteiger charge is -2.13. The Morgan fingerprint density at radius 1 is 1.15 bits per heavy atom. The van der Waals surface area contributed by atoms with Gasteiger partial charge >= 0.3 is 6.03 Å². The Morgan fingerprint density at radius 3 is 2.48 bits per heavy atom. The largest absolute Gasteiger partial charge is 0.494 e. The van der Waals surface area contributed by atoms with Gasteiger partial charge in [-0.15, -0.1) is 0 Å². The third kappa shape index (κ3) is 3.68. The first-order chi connectivity index (χ1) is 12.9. The van der Waals surface area contributed by atoms with Crippen molar-refractivity contribution in [3.05, 3.63) is 51.8 Å². The third-order valence-electron chi connectivity index (χ3n) is 3.60. The monoisotopic (exact) mass is 371 g/mol. The van der Waals surface area contributed by atoms with Gasteiger partial charge in [-0.25, -0.2) is 4.79 Å². The van der Waals surface area contributed by atoms with E-state index >= 15 is 0 Å². The highest BCUT2D eigenvalue weighted by molar-refractivity contribution is 6.31. The van der Waals surface area contributed by atoms with E-state index in [-0.39, 0.29) is 28.3 Å². The molecule has 0 saturated carbocycles. The van der Waals surface area contributed by atoms with E-state index in [1.165, 1.54) is 24.3 Å². The van der Waals surface area contributed by atoms with Crippen molar-refractivity contribution in [2.45, 2.75) is 6.92 Å². The number of amides is 4. The minimum atomic E-state index is -0.910. The second-order valence-electron chi connectivity index (χ2n) is 5.37. The van der Waals surface area contributed by atoms with Gasteiger partial charge in [0.05, 0.1) is 23.2 Å². The van der Waals surface area contributed by atoms with E-state index < -0.39 is 22.8 Å². The molecule has 0 unspecified atom stereocenters. The van der Waals surface area contributed by atoms with Crippen molar-refractivity contribution in [3.63, 3.8) is 0 Å². The minimum absolute atomic E-state index is 0.114. The molecule has 10 nitrogen and oxygen atoms in total. The van der Waals surface area contributed by atoms with Crippen LogP contribution in [0.25, 0.3) is 17.4 Å². The van der Waals surface area contributed by atoms with Crippen LogP contribution in [0.4, 0.5) is 10.5 Å². The Kier molecular flexibility index (Phi) is 4.71. The van der Waals surface area contributed by atoms with Crippen molar-refractivity contribution < 1.29 is 28.5 Å². The molecule has 138 valence electrons. The van der Waals surface area contributed by atoms with Gasteiger partial charge in [0.25, 0.3) is 17.5 Å². The molecular weight excluding hydrogens is 358 g/mol. The second kappa shape index (κ2) is 7.12. The molecule has 1 aromatic heterocycles. The molecule has 1 saturated heterocycles. The van der Waals surface area contributed by atoms with Crippen LogP contribution in [0.5, 0.6) is 5.75 Å². The average molecular weight is 371 g/mol. The summed E-state index contributed by atoms with van der Waals surface area (Å²) in [4.78, 5) is 45.3. The van der Waals surface area contributed by atoms with Gasteiger partial charge in [0, 0.05) is 0 Å². The van der Waals surface area contributed by atoms with Gasteiger partial charge in [0.2, 0.25) is 0 Å². The number of rotatable bonds is 5. The van der Waals surface area contributed by atoms with Crippen LogP contribution in [0.2, 0.25) is 0 Å². The Balaban J connectivity index is 1.95. The van der Waals surface area contributed by atoms with Crippen molar-refractivity contribution in [2.75, 3.05) is 6.61 Å². The number of furan rings is 1. The van der Waals surface area contributed by atoms with Gasteiger partial charge in [-0.3, -0.25) is 30.3 Å². The van der Waals surface area contributed by atoms with Crippen molar-refractivity contribution in [2.24, 2.45) is 0 Å². The number of ether oxygens (including phenoxy) is 1. The molecule has 3 rings (SSSR count). The van der Waals surface area contributed by atoms with Gasteiger partial charge in [-0.05, 0) is 37.3 Å². The molecule has 0 atom stereocenters. The molecule has 2 N–H and O–H groups in total. The SMILES string of the molecule is CCOc1ccc(-c2ccc(C=C3C(=O)NC(=O)NC3=O)o2)c([N+](=O)[O-])c1. The Labute approximate surface area is 151 Å². The summed E-state index contributed by atoms with van der Waals surface area (Å²) in [5.41, 5.74) is -0.328. The average Bonchev–Trinajstić information content (AvgIpc) is 3.07. The van der Waals surface area contributed by atoms with E-state index in [9.17, 15) is 24.5 Å². The zero-order chi connectivity index (χ0) is 19.6. The molecule has 0 aliphatic carbocycles. The fourth-order valence-electron chi connectivity index (χ4n) is 2.45. The molecule has 2 aromatic rings. The molecule has 0 spiro atoms. The molecule has 1 aliphatic heterocycles. The molecule has 1 fully saturated rings. The van der Waals surface area contributed by atoms with E-state index in [2.05, 4.69) is 0 Å². The highest BCUT2D eigenvalue weighted by atomic mass is 16.6. The summed E-state index contributed by atoms with van der Waals surface area (Å²) in [6.07, 6.45) is 1.14. The highest BCUT2D eigenvalue weighted by Gasteiger charge is 2.28. The number of benzene rings is 1. The number of urea groups is 1. The van der Waals surface area contributed by atoms with Crippen LogP contribution in [-0.2, 0) is 9.59 Å². The lowest BCUT2D eigenvalue weighted by Crippen LogP contribution is -2.51. The van der Waals surface area contributed by atoms with Gasteiger partial charge in [0.15, 0.2) is 0 Å². The Morgan fingerprint density at radius 2 is 1.85 bits per heavy atom. The van der Waals surface area contributed by atoms with Crippen LogP contribution in [0.15, 0.2) is 40.3 Å². The van der Waals surface area contributed by atoms with E-state index in [0.29, 0.717) is 12.4 Å². The lowest BCUT2D eigenvalue weighted by atomic mass is 10.1. The van der Waals surface area contributed by atoms with E-state index in [0.717, 1.165) is 6.08 Å². The number of hydrogen-bond donors (Lipinski definition) is 2. The number of nitro groups is 1. The summed E-state index contributed by atoms with van der Waals surface area (Å²) in [5, 5.41) is 15.2. The van der Waals surface area contributed by atoms with E-state index in [1.807, 2.05) is 10.6 Å². The molecule has 1 aromatic carbocycles. The molecule has 27 heavy (non-hydrogen) atoms. The Hall–Kier alpha value is -3.95. The van der Waals surface area contributed by atoms with E-state index in [1.54, 1.807) is 13.0 Å². The smallest absolute Gasteiger partial charge is 0.328 e. The summed E-state index contributed by atoms with van der Waals surface area (Å²) in [6, 6.07) is 6.34. The van der Waals surface area contributed by atoms with Crippen molar-refractivity contribution >= 4 is 29.6 Å². The third-order valence-corrected chi connectivity index (χ3v) is 3.60. The minimum Gasteiger partial charge on any atom is -0.494 e. The number of nitrogens with one attached hydrogen (secondary N) is 2. The first-order valence-corrected chi connectivity index (χ1v) is 7.79. The van der Waals surface area contributed by atoms with Gasteiger partial charge < -0.3 is 9.15 Å². The normalized spacial score (nSPS) is 13.8. The van der Waals surface area contributed by atoms with Gasteiger partial charge in [-0.1, -0.05) is 0 Å². The van der Waals surface area contributed by atoms with Crippen molar-refractivity contribution in [3.8, 4) is 17.1 Å². The fraction of sp³-hybridized carbons (Fsp3) is 0.118. The molecule has 0 radical (unpaired) electrons.